The van der Waals surface area contributed by atoms with E-state index in [-0.39, 0.29) is 11.8 Å². The molecule has 6 nitrogen and oxygen atoms in total. The molecule has 0 saturated heterocycles. The summed E-state index contributed by atoms with van der Waals surface area (Å²) in [7, 11) is 6.29. The Morgan fingerprint density at radius 1 is 1.04 bits per heavy atom. The monoisotopic (exact) mass is 468 g/mol. The Labute approximate surface area is 166 Å². The lowest BCUT2D eigenvalue weighted by Gasteiger charge is -2.18. The van der Waals surface area contributed by atoms with Gasteiger partial charge in [-0.15, -0.1) is 0 Å². The predicted octanol–water partition coefficient (Wildman–Crippen LogP) is 3.57. The molecule has 0 heterocycles. The molecule has 1 N–H and O–H groups in total. The van der Waals surface area contributed by atoms with Crippen LogP contribution >= 0.6 is 22.6 Å². The van der Waals surface area contributed by atoms with Gasteiger partial charge in [-0.3, -0.25) is 9.59 Å². The van der Waals surface area contributed by atoms with Gasteiger partial charge in [0.2, 0.25) is 0 Å². The van der Waals surface area contributed by atoms with Crippen LogP contribution in [0.5, 0.6) is 11.5 Å². The van der Waals surface area contributed by atoms with Crippen LogP contribution in [-0.2, 0) is 0 Å². The van der Waals surface area contributed by atoms with Gasteiger partial charge in [0.05, 0.1) is 25.5 Å². The maximum absolute atomic E-state index is 12.7. The number of carbonyl (C=O) groups is 2. The zero-order chi connectivity index (χ0) is 19.4. The maximum Gasteiger partial charge on any atom is 0.255 e. The average Bonchev–Trinajstić information content (AvgIpc) is 2.62. The van der Waals surface area contributed by atoms with Crippen molar-refractivity contribution in [2.75, 3.05) is 33.6 Å². The number of halogens is 1. The first-order valence-electron chi connectivity index (χ1n) is 7.83. The summed E-state index contributed by atoms with van der Waals surface area (Å²) >= 11 is 2.18. The van der Waals surface area contributed by atoms with E-state index in [4.69, 9.17) is 9.47 Å². The summed E-state index contributed by atoms with van der Waals surface area (Å²) in [5.74, 6) is 0.292. The van der Waals surface area contributed by atoms with E-state index in [2.05, 4.69) is 27.9 Å². The number of carbonyl (C=O) groups excluding carboxylic acids is 2. The van der Waals surface area contributed by atoms with Crippen molar-refractivity contribution in [1.29, 1.82) is 0 Å². The van der Waals surface area contributed by atoms with Crippen LogP contribution in [-0.4, -0.2) is 45.0 Å². The summed E-state index contributed by atoms with van der Waals surface area (Å²) < 4.78 is 11.6. The third-order valence-electron chi connectivity index (χ3n) is 3.84. The predicted molar refractivity (Wildman–Crippen MR) is 109 cm³/mol. The van der Waals surface area contributed by atoms with Gasteiger partial charge in [-0.25, -0.2) is 0 Å². The number of benzene rings is 2. The standard InChI is InChI=1S/C19H21IN2O4/c1-11-6-7-12(8-14(11)20)18(23)21-15-10-17(26-5)16(25-4)9-13(15)19(24)22(2)3/h6-10H,1-5H3,(H,21,23). The molecule has 2 aromatic carbocycles. The SMILES string of the molecule is COc1cc(NC(=O)c2ccc(C)c(I)c2)c(C(=O)N(C)C)cc1OC. The zero-order valence-corrected chi connectivity index (χ0v) is 17.5. The molecule has 0 aromatic heterocycles. The van der Waals surface area contributed by atoms with Crippen molar-refractivity contribution in [3.8, 4) is 11.5 Å². The third kappa shape index (κ3) is 4.27. The molecule has 7 heteroatoms. The molecule has 0 fully saturated rings. The molecular weight excluding hydrogens is 447 g/mol. The minimum absolute atomic E-state index is 0.250. The number of methoxy groups -OCH3 is 2. The molecule has 0 unspecified atom stereocenters. The highest BCUT2D eigenvalue weighted by molar-refractivity contribution is 14.1. The zero-order valence-electron chi connectivity index (χ0n) is 15.3. The van der Waals surface area contributed by atoms with Crippen molar-refractivity contribution in [1.82, 2.24) is 4.90 Å². The highest BCUT2D eigenvalue weighted by Gasteiger charge is 2.20. The molecule has 0 spiro atoms. The van der Waals surface area contributed by atoms with Crippen molar-refractivity contribution in [2.24, 2.45) is 0 Å². The minimum atomic E-state index is -0.303. The molecule has 2 aromatic rings. The lowest BCUT2D eigenvalue weighted by molar-refractivity contribution is 0.0828. The van der Waals surface area contributed by atoms with Crippen molar-refractivity contribution in [3.63, 3.8) is 0 Å². The number of anilines is 1. The molecule has 0 atom stereocenters. The second kappa shape index (κ2) is 8.39. The fraction of sp³-hybridized carbons (Fsp3) is 0.263. The van der Waals surface area contributed by atoms with Gasteiger partial charge in [-0.2, -0.15) is 0 Å². The van der Waals surface area contributed by atoms with Gasteiger partial charge in [0.25, 0.3) is 11.8 Å². The Bertz CT molecular complexity index is 850. The van der Waals surface area contributed by atoms with E-state index in [1.165, 1.54) is 19.1 Å². The molecule has 2 amide bonds. The highest BCUT2D eigenvalue weighted by atomic mass is 127. The number of hydrogen-bond donors (Lipinski definition) is 1. The number of nitrogens with zero attached hydrogens (tertiary/aromatic N) is 1. The number of aryl methyl sites for hydroxylation is 1. The Kier molecular flexibility index (Phi) is 6.47. The molecular formula is C19H21IN2O4. The van der Waals surface area contributed by atoms with Crippen molar-refractivity contribution < 1.29 is 19.1 Å². The maximum atomic E-state index is 12.7. The van der Waals surface area contributed by atoms with Gasteiger partial charge >= 0.3 is 0 Å². The topological polar surface area (TPSA) is 67.9 Å². The number of hydrogen-bond acceptors (Lipinski definition) is 4. The van der Waals surface area contributed by atoms with Gasteiger partial charge in [-0.1, -0.05) is 6.07 Å². The van der Waals surface area contributed by atoms with E-state index in [0.29, 0.717) is 28.3 Å². The van der Waals surface area contributed by atoms with Gasteiger partial charge < -0.3 is 19.7 Å². The van der Waals surface area contributed by atoms with E-state index in [1.54, 1.807) is 38.4 Å². The second-order valence-electron chi connectivity index (χ2n) is 5.87. The lowest BCUT2D eigenvalue weighted by atomic mass is 10.1. The summed E-state index contributed by atoms with van der Waals surface area (Å²) in [4.78, 5) is 26.6. The van der Waals surface area contributed by atoms with Crippen molar-refractivity contribution >= 4 is 40.1 Å². The normalized spacial score (nSPS) is 10.2. The minimum Gasteiger partial charge on any atom is -0.493 e. The number of nitrogens with one attached hydrogen (secondary N) is 1. The number of ether oxygens (including phenoxy) is 2. The molecule has 0 aliphatic heterocycles. The first-order valence-corrected chi connectivity index (χ1v) is 8.91. The molecule has 0 bridgehead atoms. The van der Waals surface area contributed by atoms with Crippen LogP contribution in [0, 0.1) is 10.5 Å². The fourth-order valence-electron chi connectivity index (χ4n) is 2.33. The first-order chi connectivity index (χ1) is 12.3. The van der Waals surface area contributed by atoms with Gasteiger partial charge in [0.1, 0.15) is 0 Å². The van der Waals surface area contributed by atoms with Crippen LogP contribution in [0.4, 0.5) is 5.69 Å². The third-order valence-corrected chi connectivity index (χ3v) is 5.00. The fourth-order valence-corrected chi connectivity index (χ4v) is 2.84. The number of rotatable bonds is 5. The summed E-state index contributed by atoms with van der Waals surface area (Å²) in [5.41, 5.74) is 2.29. The first kappa shape index (κ1) is 20.0. The van der Waals surface area contributed by atoms with E-state index < -0.39 is 0 Å². The van der Waals surface area contributed by atoms with E-state index >= 15 is 0 Å². The van der Waals surface area contributed by atoms with Gasteiger partial charge in [-0.05, 0) is 53.3 Å². The Morgan fingerprint density at radius 2 is 1.65 bits per heavy atom. The second-order valence-corrected chi connectivity index (χ2v) is 7.03. The Hall–Kier alpha value is -2.29. The van der Waals surface area contributed by atoms with Gasteiger partial charge in [0, 0.05) is 29.3 Å². The smallest absolute Gasteiger partial charge is 0.255 e. The van der Waals surface area contributed by atoms with Crippen LogP contribution in [0.2, 0.25) is 0 Å². The average molecular weight is 468 g/mol. The molecule has 0 radical (unpaired) electrons. The summed E-state index contributed by atoms with van der Waals surface area (Å²) in [6.45, 7) is 1.98. The molecule has 26 heavy (non-hydrogen) atoms. The Balaban J connectivity index is 2.47. The highest BCUT2D eigenvalue weighted by Crippen LogP contribution is 2.34. The largest absolute Gasteiger partial charge is 0.493 e. The molecule has 0 aliphatic rings. The van der Waals surface area contributed by atoms with Crippen LogP contribution in [0.1, 0.15) is 26.3 Å². The van der Waals surface area contributed by atoms with E-state index in [9.17, 15) is 9.59 Å². The van der Waals surface area contributed by atoms with E-state index in [1.807, 2.05) is 13.0 Å². The van der Waals surface area contributed by atoms with E-state index in [0.717, 1.165) is 9.13 Å². The van der Waals surface area contributed by atoms with Gasteiger partial charge in [0.15, 0.2) is 11.5 Å². The quantitative estimate of drug-likeness (QED) is 0.682. The van der Waals surface area contributed by atoms with Crippen molar-refractivity contribution in [3.05, 3.63) is 50.6 Å². The summed E-state index contributed by atoms with van der Waals surface area (Å²) in [5, 5.41) is 2.81. The van der Waals surface area contributed by atoms with Crippen LogP contribution in [0.25, 0.3) is 0 Å². The summed E-state index contributed by atoms with van der Waals surface area (Å²) in [6.07, 6.45) is 0. The number of amides is 2. The van der Waals surface area contributed by atoms with Crippen LogP contribution < -0.4 is 14.8 Å². The van der Waals surface area contributed by atoms with Crippen LogP contribution in [0.3, 0.4) is 0 Å². The molecule has 0 saturated carbocycles. The summed E-state index contributed by atoms with van der Waals surface area (Å²) in [6, 6.07) is 8.60. The molecule has 138 valence electrons. The Morgan fingerprint density at radius 3 is 2.19 bits per heavy atom. The molecule has 2 rings (SSSR count). The van der Waals surface area contributed by atoms with Crippen molar-refractivity contribution in [2.45, 2.75) is 6.92 Å². The lowest BCUT2D eigenvalue weighted by Crippen LogP contribution is -2.24. The van der Waals surface area contributed by atoms with Crippen LogP contribution in [0.15, 0.2) is 30.3 Å². The molecule has 0 aliphatic carbocycles.